The van der Waals surface area contributed by atoms with Crippen molar-refractivity contribution in [3.8, 4) is 0 Å². The first-order valence-corrected chi connectivity index (χ1v) is 4.22. The van der Waals surface area contributed by atoms with E-state index in [1.54, 1.807) is 30.7 Å². The average molecular weight is 186 g/mol. The van der Waals surface area contributed by atoms with E-state index in [2.05, 4.69) is 4.98 Å². The molecule has 69 valence electrons. The van der Waals surface area contributed by atoms with Crippen LogP contribution in [-0.4, -0.2) is 16.4 Å². The van der Waals surface area contributed by atoms with Crippen molar-refractivity contribution in [3.63, 3.8) is 0 Å². The van der Waals surface area contributed by atoms with E-state index in [1.165, 1.54) is 0 Å². The molecule has 1 aromatic heterocycles. The van der Waals surface area contributed by atoms with Gasteiger partial charge in [-0.05, 0) is 17.7 Å². The van der Waals surface area contributed by atoms with Crippen LogP contribution in [0, 0.1) is 0 Å². The Labute approximate surface area is 81.0 Å². The number of carbonyl (C=O) groups excluding carboxylic acids is 1. The van der Waals surface area contributed by atoms with E-state index in [4.69, 9.17) is 0 Å². The maximum Gasteiger partial charge on any atom is 0.234 e. The van der Waals surface area contributed by atoms with Crippen LogP contribution in [-0.2, 0) is 4.79 Å². The standard InChI is InChI=1S/C11H8NO2/c13-7-11(14)9-3-1-5-10-8(9)4-2-6-12-10/h1-6,11,14H. The molecular weight excluding hydrogens is 178 g/mol. The molecule has 1 N–H and O–H groups in total. The highest BCUT2D eigenvalue weighted by Gasteiger charge is 2.10. The molecule has 3 heteroatoms. The topological polar surface area (TPSA) is 50.2 Å². The molecule has 0 saturated carbocycles. The molecule has 0 aliphatic rings. The van der Waals surface area contributed by atoms with Crippen LogP contribution in [0.3, 0.4) is 0 Å². The summed E-state index contributed by atoms with van der Waals surface area (Å²) in [5.74, 6) is 0. The number of aromatic nitrogens is 1. The summed E-state index contributed by atoms with van der Waals surface area (Å²) in [6.45, 7) is 0. The van der Waals surface area contributed by atoms with Crippen molar-refractivity contribution < 1.29 is 9.90 Å². The van der Waals surface area contributed by atoms with E-state index < -0.39 is 6.10 Å². The van der Waals surface area contributed by atoms with Gasteiger partial charge >= 0.3 is 0 Å². The lowest BCUT2D eigenvalue weighted by Gasteiger charge is -2.06. The van der Waals surface area contributed by atoms with Crippen molar-refractivity contribution in [1.82, 2.24) is 4.98 Å². The summed E-state index contributed by atoms with van der Waals surface area (Å²) in [6, 6.07) is 8.86. The summed E-state index contributed by atoms with van der Waals surface area (Å²) < 4.78 is 0. The predicted molar refractivity (Wildman–Crippen MR) is 52.4 cm³/mol. The first-order chi connectivity index (χ1) is 6.83. The maximum atomic E-state index is 10.4. The number of benzene rings is 1. The molecule has 0 saturated heterocycles. The SMILES string of the molecule is O=[C]C(O)c1cccc2ncccc12. The van der Waals surface area contributed by atoms with Crippen LogP contribution >= 0.6 is 0 Å². The first kappa shape index (κ1) is 8.84. The van der Waals surface area contributed by atoms with Gasteiger partial charge in [-0.25, -0.2) is 0 Å². The molecule has 14 heavy (non-hydrogen) atoms. The van der Waals surface area contributed by atoms with Gasteiger partial charge < -0.3 is 5.11 Å². The Morgan fingerprint density at radius 1 is 1.29 bits per heavy atom. The minimum absolute atomic E-state index is 0.547. The van der Waals surface area contributed by atoms with Crippen LogP contribution in [0.25, 0.3) is 10.9 Å². The molecule has 0 amide bonds. The van der Waals surface area contributed by atoms with Crippen LogP contribution in [0.15, 0.2) is 36.5 Å². The number of hydrogen-bond acceptors (Lipinski definition) is 3. The van der Waals surface area contributed by atoms with Gasteiger partial charge in [-0.2, -0.15) is 0 Å². The molecular formula is C11H8NO2. The second-order valence-corrected chi connectivity index (χ2v) is 2.94. The number of nitrogens with zero attached hydrogens (tertiary/aromatic N) is 1. The van der Waals surface area contributed by atoms with Gasteiger partial charge in [-0.15, -0.1) is 0 Å². The lowest BCUT2D eigenvalue weighted by Crippen LogP contribution is -1.99. The Kier molecular flexibility index (Phi) is 2.24. The van der Waals surface area contributed by atoms with Crippen molar-refractivity contribution in [2.45, 2.75) is 6.10 Å². The molecule has 0 spiro atoms. The fraction of sp³-hybridized carbons (Fsp3) is 0.0909. The summed E-state index contributed by atoms with van der Waals surface area (Å²) >= 11 is 0. The third-order valence-electron chi connectivity index (χ3n) is 2.09. The summed E-state index contributed by atoms with van der Waals surface area (Å²) in [5.41, 5.74) is 1.31. The van der Waals surface area contributed by atoms with Crippen LogP contribution in [0.4, 0.5) is 0 Å². The van der Waals surface area contributed by atoms with E-state index in [0.29, 0.717) is 5.56 Å². The molecule has 1 radical (unpaired) electrons. The number of rotatable bonds is 2. The number of aliphatic hydroxyl groups excluding tert-OH is 1. The Balaban J connectivity index is 2.70. The molecule has 0 fully saturated rings. The molecule has 1 heterocycles. The second kappa shape index (κ2) is 3.55. The highest BCUT2D eigenvalue weighted by atomic mass is 16.3. The second-order valence-electron chi connectivity index (χ2n) is 2.94. The van der Waals surface area contributed by atoms with Gasteiger partial charge in [0.2, 0.25) is 6.29 Å². The van der Waals surface area contributed by atoms with Gasteiger partial charge in [-0.1, -0.05) is 18.2 Å². The smallest absolute Gasteiger partial charge is 0.234 e. The van der Waals surface area contributed by atoms with Crippen LogP contribution in [0.5, 0.6) is 0 Å². The quantitative estimate of drug-likeness (QED) is 0.770. The van der Waals surface area contributed by atoms with Crippen molar-refractivity contribution in [1.29, 1.82) is 0 Å². The molecule has 1 unspecified atom stereocenters. The normalized spacial score (nSPS) is 12.6. The number of hydrogen-bond donors (Lipinski definition) is 1. The van der Waals surface area contributed by atoms with Gasteiger partial charge in [0.25, 0.3) is 0 Å². The highest BCUT2D eigenvalue weighted by molar-refractivity contribution is 5.85. The van der Waals surface area contributed by atoms with E-state index in [1.807, 2.05) is 12.1 Å². The fourth-order valence-electron chi connectivity index (χ4n) is 1.43. The Hall–Kier alpha value is -1.74. The summed E-state index contributed by atoms with van der Waals surface area (Å²) in [6.07, 6.45) is 2.03. The Morgan fingerprint density at radius 2 is 2.14 bits per heavy atom. The number of pyridine rings is 1. The molecule has 1 aromatic carbocycles. The third kappa shape index (κ3) is 1.38. The van der Waals surface area contributed by atoms with Crippen LogP contribution in [0.2, 0.25) is 0 Å². The molecule has 1 atom stereocenters. The van der Waals surface area contributed by atoms with Gasteiger partial charge in [0.15, 0.2) is 0 Å². The largest absolute Gasteiger partial charge is 0.380 e. The van der Waals surface area contributed by atoms with Crippen molar-refractivity contribution in [3.05, 3.63) is 42.1 Å². The van der Waals surface area contributed by atoms with Crippen molar-refractivity contribution >= 4 is 17.2 Å². The summed E-state index contributed by atoms with van der Waals surface area (Å²) in [5, 5.41) is 10.2. The molecule has 0 aliphatic heterocycles. The molecule has 2 aromatic rings. The summed E-state index contributed by atoms with van der Waals surface area (Å²) in [7, 11) is 0. The predicted octanol–water partition coefficient (Wildman–Crippen LogP) is 1.38. The number of aliphatic hydroxyl groups is 1. The lowest BCUT2D eigenvalue weighted by atomic mass is 10.0. The Bertz CT molecular complexity index is 462. The van der Waals surface area contributed by atoms with Crippen LogP contribution < -0.4 is 0 Å². The van der Waals surface area contributed by atoms with E-state index in [0.717, 1.165) is 10.9 Å². The van der Waals surface area contributed by atoms with Gasteiger partial charge in [0.1, 0.15) is 6.10 Å². The number of fused-ring (bicyclic) bond motifs is 1. The van der Waals surface area contributed by atoms with E-state index in [9.17, 15) is 9.90 Å². The molecule has 2 rings (SSSR count). The fourth-order valence-corrected chi connectivity index (χ4v) is 1.43. The average Bonchev–Trinajstić information content (AvgIpc) is 2.27. The zero-order valence-electron chi connectivity index (χ0n) is 7.34. The van der Waals surface area contributed by atoms with E-state index >= 15 is 0 Å². The van der Waals surface area contributed by atoms with Crippen molar-refractivity contribution in [2.75, 3.05) is 0 Å². The van der Waals surface area contributed by atoms with Crippen LogP contribution in [0.1, 0.15) is 11.7 Å². The summed E-state index contributed by atoms with van der Waals surface area (Å²) in [4.78, 5) is 14.5. The minimum Gasteiger partial charge on any atom is -0.380 e. The van der Waals surface area contributed by atoms with Crippen molar-refractivity contribution in [2.24, 2.45) is 0 Å². The first-order valence-electron chi connectivity index (χ1n) is 4.22. The zero-order valence-corrected chi connectivity index (χ0v) is 7.34. The molecule has 0 bridgehead atoms. The molecule has 0 aliphatic carbocycles. The Morgan fingerprint density at radius 3 is 2.93 bits per heavy atom. The van der Waals surface area contributed by atoms with E-state index in [-0.39, 0.29) is 0 Å². The van der Waals surface area contributed by atoms with Gasteiger partial charge in [0, 0.05) is 11.6 Å². The third-order valence-corrected chi connectivity index (χ3v) is 2.09. The minimum atomic E-state index is -1.19. The van der Waals surface area contributed by atoms with Gasteiger partial charge in [-0.3, -0.25) is 9.78 Å². The molecule has 3 nitrogen and oxygen atoms in total. The lowest BCUT2D eigenvalue weighted by molar-refractivity contribution is 0.241. The monoisotopic (exact) mass is 186 g/mol. The van der Waals surface area contributed by atoms with Gasteiger partial charge in [0.05, 0.1) is 5.52 Å². The highest BCUT2D eigenvalue weighted by Crippen LogP contribution is 2.21. The maximum absolute atomic E-state index is 10.4. The zero-order chi connectivity index (χ0) is 9.97.